The molecular formula is C21H22FN9O2. The SMILES string of the molecule is CNC(=O)c1nnc([C@@]2(C(N)=O)CC23CC3)cc1Nc1nc2ccc(N3CC(F)C3)cn2n1. The molecule has 0 aromatic carbocycles. The number of pyridine rings is 1. The third kappa shape index (κ3) is 2.86. The van der Waals surface area contributed by atoms with Gasteiger partial charge in [0.15, 0.2) is 11.3 Å². The minimum Gasteiger partial charge on any atom is -0.369 e. The monoisotopic (exact) mass is 451 g/mol. The Morgan fingerprint density at radius 1 is 1.24 bits per heavy atom. The second-order valence-corrected chi connectivity index (χ2v) is 9.05. The van der Waals surface area contributed by atoms with Gasteiger partial charge in [-0.1, -0.05) is 0 Å². The molecule has 1 atom stereocenters. The minimum atomic E-state index is -0.843. The van der Waals surface area contributed by atoms with Gasteiger partial charge in [-0.2, -0.15) is 10.1 Å². The van der Waals surface area contributed by atoms with E-state index in [1.165, 1.54) is 7.05 Å². The summed E-state index contributed by atoms with van der Waals surface area (Å²) in [6.07, 6.45) is 3.46. The highest BCUT2D eigenvalue weighted by Gasteiger charge is 2.78. The normalized spacial score (nSPS) is 22.8. The fraction of sp³-hybridized carbons (Fsp3) is 0.429. The number of nitrogens with one attached hydrogen (secondary N) is 2. The summed E-state index contributed by atoms with van der Waals surface area (Å²) < 4.78 is 14.8. The molecule has 0 radical (unpaired) electrons. The average Bonchev–Trinajstić information content (AvgIpc) is 3.66. The second-order valence-electron chi connectivity index (χ2n) is 9.05. The molecule has 4 heterocycles. The predicted molar refractivity (Wildman–Crippen MR) is 116 cm³/mol. The summed E-state index contributed by atoms with van der Waals surface area (Å²) in [4.78, 5) is 31.1. The lowest BCUT2D eigenvalue weighted by molar-refractivity contribution is -0.121. The molecule has 0 unspecified atom stereocenters. The van der Waals surface area contributed by atoms with Gasteiger partial charge in [-0.25, -0.2) is 8.91 Å². The zero-order valence-electron chi connectivity index (χ0n) is 17.9. The number of hydrogen-bond donors (Lipinski definition) is 3. The maximum Gasteiger partial charge on any atom is 0.273 e. The molecule has 3 aromatic rings. The molecule has 4 N–H and O–H groups in total. The highest BCUT2D eigenvalue weighted by molar-refractivity contribution is 5.98. The Balaban J connectivity index is 1.35. The van der Waals surface area contributed by atoms with Gasteiger partial charge in [0.25, 0.3) is 5.91 Å². The van der Waals surface area contributed by atoms with Crippen molar-refractivity contribution in [1.29, 1.82) is 0 Å². The number of carbonyl (C=O) groups is 2. The largest absolute Gasteiger partial charge is 0.369 e. The number of halogens is 1. The number of nitrogens with two attached hydrogens (primary N) is 1. The Kier molecular flexibility index (Phi) is 3.96. The smallest absolute Gasteiger partial charge is 0.273 e. The van der Waals surface area contributed by atoms with E-state index >= 15 is 0 Å². The van der Waals surface area contributed by atoms with E-state index in [1.54, 1.807) is 22.8 Å². The van der Waals surface area contributed by atoms with Gasteiger partial charge in [-0.3, -0.25) is 9.59 Å². The Bertz CT molecular complexity index is 1310. The fourth-order valence-electron chi connectivity index (χ4n) is 4.90. The maximum atomic E-state index is 13.2. The summed E-state index contributed by atoms with van der Waals surface area (Å²) in [5, 5.41) is 18.3. The van der Waals surface area contributed by atoms with Crippen LogP contribution in [0.5, 0.6) is 0 Å². The van der Waals surface area contributed by atoms with Gasteiger partial charge in [0.05, 0.1) is 41.8 Å². The molecule has 0 bridgehead atoms. The summed E-state index contributed by atoms with van der Waals surface area (Å²) in [5.74, 6) is -0.618. The summed E-state index contributed by atoms with van der Waals surface area (Å²) in [6.45, 7) is 0.713. The zero-order chi connectivity index (χ0) is 23.0. The first-order valence-electron chi connectivity index (χ1n) is 10.8. The van der Waals surface area contributed by atoms with E-state index in [2.05, 4.69) is 30.9 Å². The third-order valence-corrected chi connectivity index (χ3v) is 7.10. The second kappa shape index (κ2) is 6.59. The summed E-state index contributed by atoms with van der Waals surface area (Å²) in [5.41, 5.74) is 7.06. The van der Waals surface area contributed by atoms with Crippen LogP contribution in [0.1, 0.15) is 35.4 Å². The average molecular weight is 451 g/mol. The van der Waals surface area contributed by atoms with Crippen molar-refractivity contribution >= 4 is 34.8 Å². The molecule has 3 aliphatic rings. The molecule has 33 heavy (non-hydrogen) atoms. The lowest BCUT2D eigenvalue weighted by Crippen LogP contribution is -2.48. The van der Waals surface area contributed by atoms with Crippen LogP contribution in [0.15, 0.2) is 24.4 Å². The molecule has 170 valence electrons. The molecule has 1 saturated heterocycles. The number of primary amides is 1. The maximum absolute atomic E-state index is 13.2. The number of rotatable bonds is 6. The summed E-state index contributed by atoms with van der Waals surface area (Å²) in [7, 11) is 1.50. The lowest BCUT2D eigenvalue weighted by Gasteiger charge is -2.36. The van der Waals surface area contributed by atoms with Gasteiger partial charge >= 0.3 is 0 Å². The Labute approximate surface area is 187 Å². The van der Waals surface area contributed by atoms with Gasteiger partial charge in [-0.15, -0.1) is 10.2 Å². The van der Waals surface area contributed by atoms with Gasteiger partial charge < -0.3 is 21.3 Å². The van der Waals surface area contributed by atoms with Crippen LogP contribution < -0.4 is 21.3 Å². The van der Waals surface area contributed by atoms with Crippen molar-refractivity contribution in [2.45, 2.75) is 30.8 Å². The van der Waals surface area contributed by atoms with E-state index in [-0.39, 0.29) is 17.1 Å². The highest BCUT2D eigenvalue weighted by Crippen LogP contribution is 2.78. The van der Waals surface area contributed by atoms with Crippen LogP contribution >= 0.6 is 0 Å². The quantitative estimate of drug-likeness (QED) is 0.497. The van der Waals surface area contributed by atoms with Gasteiger partial charge in [0, 0.05) is 7.05 Å². The number of alkyl halides is 1. The van der Waals surface area contributed by atoms with Crippen molar-refractivity contribution in [2.24, 2.45) is 11.1 Å². The molecule has 2 saturated carbocycles. The van der Waals surface area contributed by atoms with E-state index in [0.29, 0.717) is 36.5 Å². The van der Waals surface area contributed by atoms with Crippen LogP contribution in [0.4, 0.5) is 21.7 Å². The first kappa shape index (κ1) is 19.8. The van der Waals surface area contributed by atoms with Crippen LogP contribution in [-0.4, -0.2) is 62.9 Å². The Morgan fingerprint density at radius 3 is 2.67 bits per heavy atom. The standard InChI is InChI=1S/C21H22FN9O2/c1-24-17(32)16-13(6-14(27-28-16)21(18(23)33)10-20(21)4-5-20)25-19-26-15-3-2-12(9-31(15)29-19)30-7-11(22)8-30/h2-3,6,9,11H,4-5,7-8,10H2,1H3,(H2,23,33)(H,24,32)(H,25,27,29)/t21-/m1/s1. The molecular weight excluding hydrogens is 429 g/mol. The first-order chi connectivity index (χ1) is 15.8. The molecule has 3 fully saturated rings. The van der Waals surface area contributed by atoms with Crippen molar-refractivity contribution in [3.05, 3.63) is 35.8 Å². The van der Waals surface area contributed by atoms with E-state index < -0.39 is 23.4 Å². The summed E-state index contributed by atoms with van der Waals surface area (Å²) >= 11 is 0. The van der Waals surface area contributed by atoms with Gasteiger partial charge in [0.2, 0.25) is 11.9 Å². The van der Waals surface area contributed by atoms with Crippen LogP contribution in [0.2, 0.25) is 0 Å². The topological polar surface area (TPSA) is 143 Å². The minimum absolute atomic E-state index is 0.0560. The third-order valence-electron chi connectivity index (χ3n) is 7.10. The number of fused-ring (bicyclic) bond motifs is 1. The lowest BCUT2D eigenvalue weighted by atomic mass is 9.96. The van der Waals surface area contributed by atoms with Crippen molar-refractivity contribution in [3.63, 3.8) is 0 Å². The number of anilines is 3. The molecule has 2 aliphatic carbocycles. The molecule has 1 spiro atoms. The number of carbonyl (C=O) groups excluding carboxylic acids is 2. The van der Waals surface area contributed by atoms with Crippen molar-refractivity contribution < 1.29 is 14.0 Å². The van der Waals surface area contributed by atoms with Crippen molar-refractivity contribution in [2.75, 3.05) is 30.4 Å². The van der Waals surface area contributed by atoms with Crippen LogP contribution in [0.25, 0.3) is 5.65 Å². The highest BCUT2D eigenvalue weighted by atomic mass is 19.1. The van der Waals surface area contributed by atoms with Gasteiger partial charge in [-0.05, 0) is 42.9 Å². The van der Waals surface area contributed by atoms with E-state index in [4.69, 9.17) is 5.73 Å². The Morgan fingerprint density at radius 2 is 2.03 bits per heavy atom. The molecule has 6 rings (SSSR count). The number of aromatic nitrogens is 5. The number of nitrogens with zero attached hydrogens (tertiary/aromatic N) is 6. The van der Waals surface area contributed by atoms with Crippen molar-refractivity contribution in [1.82, 2.24) is 30.1 Å². The number of amides is 2. The van der Waals surface area contributed by atoms with Crippen molar-refractivity contribution in [3.8, 4) is 0 Å². The molecule has 2 amide bonds. The van der Waals surface area contributed by atoms with E-state index in [1.807, 2.05) is 11.0 Å². The first-order valence-corrected chi connectivity index (χ1v) is 10.8. The molecule has 12 heteroatoms. The van der Waals surface area contributed by atoms with Gasteiger partial charge in [0.1, 0.15) is 6.17 Å². The van der Waals surface area contributed by atoms with E-state index in [0.717, 1.165) is 18.5 Å². The molecule has 1 aliphatic heterocycles. The predicted octanol–water partition coefficient (Wildman–Crippen LogP) is 0.688. The van der Waals surface area contributed by atoms with Crippen LogP contribution in [0.3, 0.4) is 0 Å². The number of hydrogen-bond acceptors (Lipinski definition) is 8. The van der Waals surface area contributed by atoms with Crippen LogP contribution in [0, 0.1) is 5.41 Å². The molecule has 11 nitrogen and oxygen atoms in total. The fourth-order valence-corrected chi connectivity index (χ4v) is 4.90. The molecule has 3 aromatic heterocycles. The van der Waals surface area contributed by atoms with E-state index in [9.17, 15) is 14.0 Å². The van der Waals surface area contributed by atoms with Crippen LogP contribution in [-0.2, 0) is 10.2 Å². The zero-order valence-corrected chi connectivity index (χ0v) is 17.9. The summed E-state index contributed by atoms with van der Waals surface area (Å²) in [6, 6.07) is 5.30. The Hall–Kier alpha value is -3.83.